The van der Waals surface area contributed by atoms with Crippen LogP contribution in [0.1, 0.15) is 24.0 Å². The molecule has 160 valence electrons. The summed E-state index contributed by atoms with van der Waals surface area (Å²) in [5.41, 5.74) is 3.05. The Morgan fingerprint density at radius 3 is 2.68 bits per heavy atom. The number of carboxylic acid groups (broad SMARTS) is 1. The Bertz CT molecular complexity index is 1060. The zero-order valence-electron chi connectivity index (χ0n) is 17.6. The first-order valence-corrected chi connectivity index (χ1v) is 10.9. The zero-order chi connectivity index (χ0) is 21.5. The van der Waals surface area contributed by atoms with Gasteiger partial charge in [-0.2, -0.15) is 0 Å². The molecule has 1 aliphatic rings. The van der Waals surface area contributed by atoms with E-state index in [2.05, 4.69) is 46.7 Å². The monoisotopic (exact) mass is 415 g/mol. The molecule has 3 aromatic rings. The molecule has 0 amide bonds. The van der Waals surface area contributed by atoms with Crippen LogP contribution in [-0.4, -0.2) is 40.9 Å². The molecule has 0 fully saturated rings. The molecular formula is C26H29N3O2. The van der Waals surface area contributed by atoms with Gasteiger partial charge in [-0.25, -0.2) is 0 Å². The van der Waals surface area contributed by atoms with E-state index in [4.69, 9.17) is 4.99 Å². The first kappa shape index (κ1) is 21.1. The van der Waals surface area contributed by atoms with Gasteiger partial charge < -0.3 is 15.4 Å². The predicted octanol–water partition coefficient (Wildman–Crippen LogP) is 4.40. The third-order valence-corrected chi connectivity index (χ3v) is 6.19. The van der Waals surface area contributed by atoms with Crippen LogP contribution in [0.3, 0.4) is 0 Å². The van der Waals surface area contributed by atoms with Gasteiger partial charge in [0, 0.05) is 29.2 Å². The lowest BCUT2D eigenvalue weighted by atomic mass is 9.76. The highest BCUT2D eigenvalue weighted by atomic mass is 16.4. The number of aliphatic imine (C=N–C) groups is 1. The smallest absolute Gasteiger partial charge is 0.303 e. The predicted molar refractivity (Wildman–Crippen MR) is 126 cm³/mol. The molecule has 5 nitrogen and oxygen atoms in total. The number of nitrogens with one attached hydrogen (secondary N) is 2. The number of H-pyrrole nitrogens is 1. The number of hydrogen-bond donors (Lipinski definition) is 3. The third-order valence-electron chi connectivity index (χ3n) is 6.19. The normalized spacial score (nSPS) is 18.6. The van der Waals surface area contributed by atoms with E-state index in [-0.39, 0.29) is 12.3 Å². The van der Waals surface area contributed by atoms with Crippen LogP contribution < -0.4 is 5.32 Å². The minimum atomic E-state index is -0.781. The summed E-state index contributed by atoms with van der Waals surface area (Å²) in [5, 5.41) is 14.3. The summed E-state index contributed by atoms with van der Waals surface area (Å²) in [7, 11) is 0. The number of benzene rings is 2. The average Bonchev–Trinajstić information content (AvgIpc) is 3.42. The van der Waals surface area contributed by atoms with Crippen molar-refractivity contribution in [1.29, 1.82) is 0 Å². The summed E-state index contributed by atoms with van der Waals surface area (Å²) in [6.45, 7) is 1.68. The van der Waals surface area contributed by atoms with E-state index >= 15 is 0 Å². The molecule has 31 heavy (non-hydrogen) atoms. The maximum Gasteiger partial charge on any atom is 0.303 e. The van der Waals surface area contributed by atoms with Gasteiger partial charge in [-0.3, -0.25) is 9.79 Å². The Labute approximate surface area is 182 Å². The van der Waals surface area contributed by atoms with Gasteiger partial charge >= 0.3 is 5.97 Å². The van der Waals surface area contributed by atoms with E-state index in [9.17, 15) is 9.90 Å². The molecule has 3 N–H and O–H groups in total. The van der Waals surface area contributed by atoms with Crippen LogP contribution >= 0.6 is 0 Å². The van der Waals surface area contributed by atoms with Gasteiger partial charge in [-0.05, 0) is 55.6 Å². The van der Waals surface area contributed by atoms with Crippen LogP contribution in [0, 0.1) is 5.92 Å². The van der Waals surface area contributed by atoms with Gasteiger partial charge in [0.15, 0.2) is 0 Å². The maximum absolute atomic E-state index is 11.7. The number of carboxylic acids is 1. The molecule has 5 heteroatoms. The topological polar surface area (TPSA) is 77.5 Å². The molecule has 0 spiro atoms. The van der Waals surface area contributed by atoms with Crippen molar-refractivity contribution >= 4 is 23.1 Å². The van der Waals surface area contributed by atoms with E-state index in [1.54, 1.807) is 0 Å². The second kappa shape index (κ2) is 9.75. The Morgan fingerprint density at radius 2 is 1.90 bits per heavy atom. The third kappa shape index (κ3) is 5.12. The Kier molecular flexibility index (Phi) is 6.63. The van der Waals surface area contributed by atoms with Crippen molar-refractivity contribution in [3.8, 4) is 0 Å². The Balaban J connectivity index is 1.44. The molecular weight excluding hydrogens is 386 g/mol. The maximum atomic E-state index is 11.7. The summed E-state index contributed by atoms with van der Waals surface area (Å²) >= 11 is 0. The van der Waals surface area contributed by atoms with Gasteiger partial charge in [-0.1, -0.05) is 54.6 Å². The van der Waals surface area contributed by atoms with Crippen molar-refractivity contribution in [2.75, 3.05) is 13.1 Å². The van der Waals surface area contributed by atoms with Crippen molar-refractivity contribution in [2.24, 2.45) is 10.9 Å². The summed E-state index contributed by atoms with van der Waals surface area (Å²) < 4.78 is 0. The summed E-state index contributed by atoms with van der Waals surface area (Å²) in [6, 6.07) is 18.6. The summed E-state index contributed by atoms with van der Waals surface area (Å²) in [6.07, 6.45) is 10.4. The van der Waals surface area contributed by atoms with E-state index in [1.165, 1.54) is 5.56 Å². The lowest BCUT2D eigenvalue weighted by Gasteiger charge is -2.33. The van der Waals surface area contributed by atoms with Crippen molar-refractivity contribution in [2.45, 2.75) is 31.2 Å². The Morgan fingerprint density at radius 1 is 1.10 bits per heavy atom. The second-order valence-electron chi connectivity index (χ2n) is 8.22. The second-order valence-corrected chi connectivity index (χ2v) is 8.22. The van der Waals surface area contributed by atoms with E-state index < -0.39 is 11.5 Å². The van der Waals surface area contributed by atoms with Gasteiger partial charge in [0.05, 0.1) is 12.0 Å². The fraction of sp³-hybridized carbons (Fsp3) is 0.308. The van der Waals surface area contributed by atoms with Crippen LogP contribution in [0.25, 0.3) is 10.9 Å². The fourth-order valence-electron chi connectivity index (χ4n) is 4.52. The minimum absolute atomic E-state index is 0.0885. The number of aliphatic carboxylic acids is 1. The van der Waals surface area contributed by atoms with E-state index in [0.29, 0.717) is 6.42 Å². The molecule has 2 atom stereocenters. The molecule has 2 unspecified atom stereocenters. The van der Waals surface area contributed by atoms with Gasteiger partial charge in [0.25, 0.3) is 0 Å². The number of para-hydroxylation sites is 1. The quantitative estimate of drug-likeness (QED) is 0.406. The number of allylic oxidation sites excluding steroid dienone is 1. The highest BCUT2D eigenvalue weighted by molar-refractivity contribution is 5.83. The van der Waals surface area contributed by atoms with Crippen LogP contribution in [0.4, 0.5) is 0 Å². The number of fused-ring (bicyclic) bond motifs is 1. The molecule has 0 aliphatic carbocycles. The molecule has 4 rings (SSSR count). The lowest BCUT2D eigenvalue weighted by molar-refractivity contribution is -0.138. The lowest BCUT2D eigenvalue weighted by Crippen LogP contribution is -2.39. The van der Waals surface area contributed by atoms with Crippen LogP contribution in [-0.2, 0) is 17.6 Å². The Hall–Kier alpha value is -3.18. The van der Waals surface area contributed by atoms with Crippen LogP contribution in [0.5, 0.6) is 0 Å². The van der Waals surface area contributed by atoms with Crippen molar-refractivity contribution in [3.63, 3.8) is 0 Å². The molecule has 2 aromatic carbocycles. The highest BCUT2D eigenvalue weighted by Gasteiger charge is 2.38. The molecule has 0 saturated heterocycles. The molecule has 0 bridgehead atoms. The zero-order valence-corrected chi connectivity index (χ0v) is 17.6. The largest absolute Gasteiger partial charge is 0.481 e. The molecule has 1 aliphatic heterocycles. The summed E-state index contributed by atoms with van der Waals surface area (Å²) in [4.78, 5) is 19.8. The molecule has 0 radical (unpaired) electrons. The van der Waals surface area contributed by atoms with E-state index in [0.717, 1.165) is 42.4 Å². The number of hydrogen-bond acceptors (Lipinski definition) is 3. The summed E-state index contributed by atoms with van der Waals surface area (Å²) in [5.74, 6) is -0.896. The first-order valence-electron chi connectivity index (χ1n) is 10.9. The van der Waals surface area contributed by atoms with Crippen molar-refractivity contribution < 1.29 is 9.90 Å². The SMILES string of the molecule is O=C(O)CC(Cc1c[nH]c2ccccc12)C1(CCNCCc2ccccc2)C=CC=N1. The van der Waals surface area contributed by atoms with E-state index in [1.807, 2.05) is 42.8 Å². The first-order chi connectivity index (χ1) is 15.2. The van der Waals surface area contributed by atoms with Gasteiger partial charge in [0.2, 0.25) is 0 Å². The molecule has 2 heterocycles. The van der Waals surface area contributed by atoms with Crippen molar-refractivity contribution in [3.05, 3.63) is 84.1 Å². The van der Waals surface area contributed by atoms with Gasteiger partial charge in [0.1, 0.15) is 0 Å². The molecule has 1 aromatic heterocycles. The average molecular weight is 416 g/mol. The molecule has 0 saturated carbocycles. The number of rotatable bonds is 11. The van der Waals surface area contributed by atoms with Crippen LogP contribution in [0.2, 0.25) is 0 Å². The minimum Gasteiger partial charge on any atom is -0.481 e. The highest BCUT2D eigenvalue weighted by Crippen LogP contribution is 2.36. The van der Waals surface area contributed by atoms with Crippen molar-refractivity contribution in [1.82, 2.24) is 10.3 Å². The van der Waals surface area contributed by atoms with Crippen LogP contribution in [0.15, 0.2) is 77.9 Å². The fourth-order valence-corrected chi connectivity index (χ4v) is 4.52. The van der Waals surface area contributed by atoms with Gasteiger partial charge in [-0.15, -0.1) is 0 Å². The number of nitrogens with zero attached hydrogens (tertiary/aromatic N) is 1. The number of aromatic nitrogens is 1. The standard InChI is InChI=1S/C26H29N3O2/c30-25(31)18-22(17-21-19-28-24-10-5-4-9-23(21)24)26(12-6-14-29-26)13-16-27-15-11-20-7-2-1-3-8-20/h1-10,12,14,19,22,27-28H,11,13,15-18H2,(H,30,31). The number of carbonyl (C=O) groups is 1. The number of aromatic amines is 1.